The minimum Gasteiger partial charge on any atom is -0.345 e. The zero-order chi connectivity index (χ0) is 16.4. The van der Waals surface area contributed by atoms with Crippen LogP contribution in [0.1, 0.15) is 53.6 Å². The van der Waals surface area contributed by atoms with Crippen molar-refractivity contribution in [3.63, 3.8) is 0 Å². The first-order valence-corrected chi connectivity index (χ1v) is 8.33. The normalized spacial score (nSPS) is 24.8. The summed E-state index contributed by atoms with van der Waals surface area (Å²) >= 11 is 0. The van der Waals surface area contributed by atoms with Crippen molar-refractivity contribution in [2.75, 3.05) is 13.6 Å². The summed E-state index contributed by atoms with van der Waals surface area (Å²) in [6.45, 7) is 0.793. The smallest absolute Gasteiger partial charge is 0.274 e. The molecule has 1 atom stereocenters. The van der Waals surface area contributed by atoms with Crippen LogP contribution in [0, 0.1) is 5.41 Å². The summed E-state index contributed by atoms with van der Waals surface area (Å²) in [6, 6.07) is 5.64. The Morgan fingerprint density at radius 3 is 2.83 bits per heavy atom. The van der Waals surface area contributed by atoms with Gasteiger partial charge in [0.1, 0.15) is 0 Å². The number of carbonyl (C=O) groups is 2. The number of likely N-dealkylation sites (tertiary alicyclic amines) is 1. The highest BCUT2D eigenvalue weighted by atomic mass is 16.5. The molecule has 2 amide bonds. The number of hydrogen-bond acceptors (Lipinski definition) is 3. The summed E-state index contributed by atoms with van der Waals surface area (Å²) < 4.78 is 0. The molecule has 1 unspecified atom stereocenters. The summed E-state index contributed by atoms with van der Waals surface area (Å²) in [5.41, 5.74) is 4.76. The summed E-state index contributed by atoms with van der Waals surface area (Å²) in [4.78, 5) is 25.6. The summed E-state index contributed by atoms with van der Waals surface area (Å²) in [7, 11) is 1.90. The first kappa shape index (κ1) is 16.0. The van der Waals surface area contributed by atoms with Crippen molar-refractivity contribution in [1.29, 1.82) is 0 Å². The second-order valence-corrected chi connectivity index (χ2v) is 7.06. The van der Waals surface area contributed by atoms with Crippen molar-refractivity contribution in [1.82, 2.24) is 10.4 Å². The van der Waals surface area contributed by atoms with Crippen molar-refractivity contribution < 1.29 is 14.8 Å². The van der Waals surface area contributed by atoms with E-state index in [0.29, 0.717) is 12.0 Å². The zero-order valence-corrected chi connectivity index (χ0v) is 13.6. The Balaban J connectivity index is 1.87. The minimum atomic E-state index is -0.475. The van der Waals surface area contributed by atoms with Crippen LogP contribution in [0.5, 0.6) is 0 Å². The number of hydrogen-bond donors (Lipinski definition) is 2. The number of nitrogens with one attached hydrogen (secondary N) is 1. The average Bonchev–Trinajstić information content (AvgIpc) is 2.56. The van der Waals surface area contributed by atoms with E-state index in [0.717, 1.165) is 45.1 Å². The number of hydroxylamine groups is 1. The standard InChI is InChI=1S/C18H24N2O3/c1-20-12-18(8-3-2-4-16(20)21)9-7-13-5-6-14(17(22)19-23)10-15(13)11-18/h5-6,10,23H,2-4,7-9,11-12H2,1H3,(H,19,22). The Hall–Kier alpha value is -1.88. The van der Waals surface area contributed by atoms with Crippen molar-refractivity contribution >= 4 is 11.8 Å². The van der Waals surface area contributed by atoms with Crippen LogP contribution in [-0.4, -0.2) is 35.5 Å². The topological polar surface area (TPSA) is 69.6 Å². The van der Waals surface area contributed by atoms with E-state index in [2.05, 4.69) is 0 Å². The fourth-order valence-electron chi connectivity index (χ4n) is 4.12. The van der Waals surface area contributed by atoms with Crippen LogP contribution in [0.25, 0.3) is 0 Å². The molecule has 0 bridgehead atoms. The van der Waals surface area contributed by atoms with Crippen LogP contribution in [0.4, 0.5) is 0 Å². The van der Waals surface area contributed by atoms with E-state index >= 15 is 0 Å². The lowest BCUT2D eigenvalue weighted by Crippen LogP contribution is -2.43. The molecule has 23 heavy (non-hydrogen) atoms. The molecule has 1 fully saturated rings. The summed E-state index contributed by atoms with van der Waals surface area (Å²) in [5, 5.41) is 8.82. The van der Waals surface area contributed by atoms with Crippen LogP contribution < -0.4 is 5.48 Å². The maximum absolute atomic E-state index is 12.1. The Morgan fingerprint density at radius 2 is 2.04 bits per heavy atom. The summed E-state index contributed by atoms with van der Waals surface area (Å²) in [6.07, 6.45) is 6.80. The van der Waals surface area contributed by atoms with Crippen LogP contribution in [0.3, 0.4) is 0 Å². The molecule has 5 nitrogen and oxygen atoms in total. The van der Waals surface area contributed by atoms with Crippen molar-refractivity contribution in [2.24, 2.45) is 5.41 Å². The second kappa shape index (κ2) is 6.32. The lowest BCUT2D eigenvalue weighted by Gasteiger charge is -2.42. The lowest BCUT2D eigenvalue weighted by molar-refractivity contribution is -0.132. The third-order valence-corrected chi connectivity index (χ3v) is 5.41. The number of aryl methyl sites for hydroxylation is 1. The fourth-order valence-corrected chi connectivity index (χ4v) is 4.12. The van der Waals surface area contributed by atoms with E-state index in [9.17, 15) is 9.59 Å². The molecule has 0 aromatic heterocycles. The van der Waals surface area contributed by atoms with Gasteiger partial charge in [-0.1, -0.05) is 12.5 Å². The molecule has 124 valence electrons. The molecule has 0 radical (unpaired) electrons. The molecule has 1 aromatic rings. The first-order chi connectivity index (χ1) is 11.0. The van der Waals surface area contributed by atoms with Gasteiger partial charge in [-0.25, -0.2) is 5.48 Å². The maximum Gasteiger partial charge on any atom is 0.274 e. The van der Waals surface area contributed by atoms with Gasteiger partial charge in [0.05, 0.1) is 0 Å². The number of amides is 2. The Bertz CT molecular complexity index is 629. The van der Waals surface area contributed by atoms with Gasteiger partial charge in [0.25, 0.3) is 5.91 Å². The first-order valence-electron chi connectivity index (χ1n) is 8.33. The van der Waals surface area contributed by atoms with Gasteiger partial charge in [0.15, 0.2) is 0 Å². The third-order valence-electron chi connectivity index (χ3n) is 5.41. The van der Waals surface area contributed by atoms with Gasteiger partial charge in [-0.05, 0) is 60.8 Å². The van der Waals surface area contributed by atoms with Gasteiger partial charge >= 0.3 is 0 Å². The number of nitrogens with zero attached hydrogens (tertiary/aromatic N) is 1. The van der Waals surface area contributed by atoms with Gasteiger partial charge in [0, 0.05) is 25.6 Å². The number of rotatable bonds is 1. The molecule has 1 saturated heterocycles. The van der Waals surface area contributed by atoms with E-state index in [4.69, 9.17) is 5.21 Å². The lowest BCUT2D eigenvalue weighted by atomic mass is 9.67. The highest BCUT2D eigenvalue weighted by Crippen LogP contribution is 2.41. The third kappa shape index (κ3) is 3.24. The Kier molecular flexibility index (Phi) is 4.39. The van der Waals surface area contributed by atoms with E-state index < -0.39 is 5.91 Å². The molecule has 0 saturated carbocycles. The van der Waals surface area contributed by atoms with E-state index in [1.807, 2.05) is 24.1 Å². The van der Waals surface area contributed by atoms with Crippen LogP contribution in [-0.2, 0) is 17.6 Å². The minimum absolute atomic E-state index is 0.117. The molecule has 1 aliphatic carbocycles. The zero-order valence-electron chi connectivity index (χ0n) is 13.6. The van der Waals surface area contributed by atoms with Crippen molar-refractivity contribution in [2.45, 2.75) is 44.9 Å². The molecular weight excluding hydrogens is 292 g/mol. The highest BCUT2D eigenvalue weighted by molar-refractivity contribution is 5.93. The number of benzene rings is 1. The van der Waals surface area contributed by atoms with Crippen molar-refractivity contribution in [3.8, 4) is 0 Å². The largest absolute Gasteiger partial charge is 0.345 e. The SMILES string of the molecule is CN1CC2(CCCCC1=O)CCc1ccc(C(=O)NO)cc1C2. The Morgan fingerprint density at radius 1 is 1.22 bits per heavy atom. The van der Waals surface area contributed by atoms with E-state index in [1.54, 1.807) is 11.5 Å². The van der Waals surface area contributed by atoms with Gasteiger partial charge < -0.3 is 4.90 Å². The fraction of sp³-hybridized carbons (Fsp3) is 0.556. The molecule has 1 aliphatic heterocycles. The molecule has 5 heteroatoms. The Labute approximate surface area is 136 Å². The average molecular weight is 316 g/mol. The van der Waals surface area contributed by atoms with Crippen LogP contribution in [0.15, 0.2) is 18.2 Å². The van der Waals surface area contributed by atoms with Crippen LogP contribution in [0.2, 0.25) is 0 Å². The molecular formula is C18H24N2O3. The van der Waals surface area contributed by atoms with Gasteiger partial charge in [-0.2, -0.15) is 0 Å². The van der Waals surface area contributed by atoms with Gasteiger partial charge in [0.2, 0.25) is 5.91 Å². The van der Waals surface area contributed by atoms with Crippen LogP contribution >= 0.6 is 0 Å². The molecule has 1 aromatic carbocycles. The quantitative estimate of drug-likeness (QED) is 0.617. The van der Waals surface area contributed by atoms with Crippen molar-refractivity contribution in [3.05, 3.63) is 34.9 Å². The number of carbonyl (C=O) groups excluding carboxylic acids is 2. The molecule has 1 spiro atoms. The van der Waals surface area contributed by atoms with Gasteiger partial charge in [-0.3, -0.25) is 14.8 Å². The molecule has 3 rings (SSSR count). The van der Waals surface area contributed by atoms with Gasteiger partial charge in [-0.15, -0.1) is 0 Å². The predicted molar refractivity (Wildman–Crippen MR) is 86.3 cm³/mol. The monoisotopic (exact) mass is 316 g/mol. The second-order valence-electron chi connectivity index (χ2n) is 7.06. The molecule has 1 heterocycles. The predicted octanol–water partition coefficient (Wildman–Crippen LogP) is 2.31. The summed E-state index contributed by atoms with van der Waals surface area (Å²) in [5.74, 6) is -0.235. The number of fused-ring (bicyclic) bond motifs is 1. The van der Waals surface area contributed by atoms with E-state index in [1.165, 1.54) is 11.1 Å². The molecule has 2 aliphatic rings. The highest BCUT2D eigenvalue weighted by Gasteiger charge is 2.37. The maximum atomic E-state index is 12.1. The van der Waals surface area contributed by atoms with E-state index in [-0.39, 0.29) is 11.3 Å². The molecule has 2 N–H and O–H groups in total.